The van der Waals surface area contributed by atoms with Crippen molar-refractivity contribution in [3.8, 4) is 0 Å². The van der Waals surface area contributed by atoms with Gasteiger partial charge in [-0.1, -0.05) is 23.7 Å². The summed E-state index contributed by atoms with van der Waals surface area (Å²) >= 11 is 5.96. The molecular formula is C22H29ClN2O3. The van der Waals surface area contributed by atoms with Gasteiger partial charge in [0.05, 0.1) is 30.5 Å². The predicted octanol–water partition coefficient (Wildman–Crippen LogP) is 3.08. The molecule has 1 saturated carbocycles. The molecule has 2 fully saturated rings. The average molecular weight is 405 g/mol. The molecule has 0 aromatic heterocycles. The highest BCUT2D eigenvalue weighted by molar-refractivity contribution is 6.30. The van der Waals surface area contributed by atoms with Crippen molar-refractivity contribution in [1.29, 1.82) is 0 Å². The van der Waals surface area contributed by atoms with Crippen LogP contribution in [0.5, 0.6) is 0 Å². The molecule has 4 rings (SSSR count). The molecule has 0 N–H and O–H groups in total. The maximum atomic E-state index is 13.0. The Hall–Kier alpha value is -1.40. The van der Waals surface area contributed by atoms with Crippen molar-refractivity contribution in [2.45, 2.75) is 31.5 Å². The van der Waals surface area contributed by atoms with Crippen molar-refractivity contribution in [3.63, 3.8) is 0 Å². The fraction of sp³-hybridized carbons (Fsp3) is 0.591. The van der Waals surface area contributed by atoms with Crippen molar-refractivity contribution in [2.24, 2.45) is 5.92 Å². The largest absolute Gasteiger partial charge is 0.496 e. The number of hydrogen-bond donors (Lipinski definition) is 0. The van der Waals surface area contributed by atoms with Gasteiger partial charge in [0.25, 0.3) is 0 Å². The van der Waals surface area contributed by atoms with Crippen molar-refractivity contribution in [2.75, 3.05) is 46.4 Å². The van der Waals surface area contributed by atoms with Crippen LogP contribution in [0.4, 0.5) is 0 Å². The topological polar surface area (TPSA) is 42.0 Å². The van der Waals surface area contributed by atoms with Gasteiger partial charge in [-0.15, -0.1) is 0 Å². The van der Waals surface area contributed by atoms with E-state index < -0.39 is 0 Å². The lowest BCUT2D eigenvalue weighted by Gasteiger charge is -2.38. The third kappa shape index (κ3) is 4.60. The lowest BCUT2D eigenvalue weighted by atomic mass is 9.78. The van der Waals surface area contributed by atoms with Crippen LogP contribution in [0.2, 0.25) is 5.02 Å². The fourth-order valence-corrected chi connectivity index (χ4v) is 4.49. The van der Waals surface area contributed by atoms with Gasteiger partial charge in [-0.3, -0.25) is 9.69 Å². The van der Waals surface area contributed by atoms with Crippen molar-refractivity contribution in [1.82, 2.24) is 9.80 Å². The fourth-order valence-electron chi connectivity index (χ4n) is 4.37. The number of carbonyl (C=O) groups is 1. The Balaban J connectivity index is 1.28. The quantitative estimate of drug-likeness (QED) is 0.754. The smallest absolute Gasteiger partial charge is 0.173 e. The highest BCUT2D eigenvalue weighted by Crippen LogP contribution is 2.37. The lowest BCUT2D eigenvalue weighted by molar-refractivity contribution is -0.128. The highest BCUT2D eigenvalue weighted by atomic mass is 35.5. The van der Waals surface area contributed by atoms with Gasteiger partial charge in [-0.05, 0) is 37.6 Å². The van der Waals surface area contributed by atoms with Crippen LogP contribution in [-0.4, -0.2) is 74.2 Å². The first-order chi connectivity index (χ1) is 13.6. The van der Waals surface area contributed by atoms with E-state index in [0.29, 0.717) is 10.6 Å². The molecule has 1 saturated heterocycles. The standard InChI is InChI=1S/C22H29ClN2O3/c1-24-8-10-25(11-9-24)12-13-27-18-6-7-19-21(14-18)28-15-20(22(19)26)16-2-4-17(23)5-3-16/h2-5,15,18-19,21H,6-14H2,1H3. The third-order valence-electron chi connectivity index (χ3n) is 6.22. The third-order valence-corrected chi connectivity index (χ3v) is 6.47. The van der Waals surface area contributed by atoms with Gasteiger partial charge in [0.2, 0.25) is 0 Å². The first-order valence-electron chi connectivity index (χ1n) is 10.3. The molecule has 152 valence electrons. The molecule has 3 atom stereocenters. The number of fused-ring (bicyclic) bond motifs is 1. The molecule has 5 nitrogen and oxygen atoms in total. The van der Waals surface area contributed by atoms with Gasteiger partial charge in [0.15, 0.2) is 5.78 Å². The molecule has 0 radical (unpaired) electrons. The number of halogens is 1. The van der Waals surface area contributed by atoms with Crippen LogP contribution in [0, 0.1) is 5.92 Å². The number of nitrogens with zero attached hydrogens (tertiary/aromatic N) is 2. The van der Waals surface area contributed by atoms with Gasteiger partial charge in [-0.2, -0.15) is 0 Å². The van der Waals surface area contributed by atoms with Crippen molar-refractivity contribution >= 4 is 23.0 Å². The average Bonchev–Trinajstić information content (AvgIpc) is 2.71. The number of benzene rings is 1. The van der Waals surface area contributed by atoms with Gasteiger partial charge >= 0.3 is 0 Å². The van der Waals surface area contributed by atoms with Gasteiger partial charge in [0, 0.05) is 44.2 Å². The number of hydrogen-bond acceptors (Lipinski definition) is 5. The van der Waals surface area contributed by atoms with E-state index in [-0.39, 0.29) is 23.9 Å². The first kappa shape index (κ1) is 19.9. The van der Waals surface area contributed by atoms with Crippen molar-refractivity contribution in [3.05, 3.63) is 41.1 Å². The maximum absolute atomic E-state index is 13.0. The zero-order valence-corrected chi connectivity index (χ0v) is 17.2. The number of carbonyl (C=O) groups excluding carboxylic acids is 1. The van der Waals surface area contributed by atoms with Gasteiger partial charge < -0.3 is 14.4 Å². The molecule has 2 aliphatic heterocycles. The Morgan fingerprint density at radius 2 is 1.89 bits per heavy atom. The Labute approximate surface area is 172 Å². The number of allylic oxidation sites excluding steroid dienone is 1. The molecule has 1 aromatic carbocycles. The lowest BCUT2D eigenvalue weighted by Crippen LogP contribution is -2.46. The van der Waals surface area contributed by atoms with Crippen LogP contribution >= 0.6 is 11.6 Å². The van der Waals surface area contributed by atoms with E-state index in [2.05, 4.69) is 16.8 Å². The summed E-state index contributed by atoms with van der Waals surface area (Å²) in [6.07, 6.45) is 4.31. The first-order valence-corrected chi connectivity index (χ1v) is 10.7. The number of ether oxygens (including phenoxy) is 2. The van der Waals surface area contributed by atoms with Crippen LogP contribution in [-0.2, 0) is 14.3 Å². The molecular weight excluding hydrogens is 376 g/mol. The summed E-state index contributed by atoms with van der Waals surface area (Å²) in [5.74, 6) is 0.127. The molecule has 1 aromatic rings. The molecule has 3 unspecified atom stereocenters. The summed E-state index contributed by atoms with van der Waals surface area (Å²) in [5.41, 5.74) is 1.53. The molecule has 0 spiro atoms. The number of ketones is 1. The minimum absolute atomic E-state index is 0.0619. The monoisotopic (exact) mass is 404 g/mol. The van der Waals surface area contributed by atoms with Crippen LogP contribution in [0.3, 0.4) is 0 Å². The number of likely N-dealkylation sites (N-methyl/N-ethyl adjacent to an activating group) is 1. The van der Waals surface area contributed by atoms with E-state index >= 15 is 0 Å². The van der Waals surface area contributed by atoms with Gasteiger partial charge in [0.1, 0.15) is 6.10 Å². The second-order valence-corrected chi connectivity index (χ2v) is 8.57. The zero-order valence-electron chi connectivity index (χ0n) is 16.5. The Kier molecular flexibility index (Phi) is 6.36. The summed E-state index contributed by atoms with van der Waals surface area (Å²) in [7, 11) is 2.17. The van der Waals surface area contributed by atoms with E-state index in [1.807, 2.05) is 24.3 Å². The zero-order chi connectivity index (χ0) is 19.5. The van der Waals surface area contributed by atoms with Crippen LogP contribution in [0.1, 0.15) is 24.8 Å². The van der Waals surface area contributed by atoms with E-state index in [0.717, 1.165) is 64.2 Å². The van der Waals surface area contributed by atoms with E-state index in [4.69, 9.17) is 21.1 Å². The maximum Gasteiger partial charge on any atom is 0.173 e. The number of rotatable bonds is 5. The second kappa shape index (κ2) is 8.95. The Morgan fingerprint density at radius 3 is 2.64 bits per heavy atom. The van der Waals surface area contributed by atoms with Gasteiger partial charge in [-0.25, -0.2) is 0 Å². The Morgan fingerprint density at radius 1 is 1.14 bits per heavy atom. The summed E-state index contributed by atoms with van der Waals surface area (Å²) in [4.78, 5) is 17.8. The predicted molar refractivity (Wildman–Crippen MR) is 110 cm³/mol. The van der Waals surface area contributed by atoms with Crippen molar-refractivity contribution < 1.29 is 14.3 Å². The minimum Gasteiger partial charge on any atom is -0.496 e. The van der Waals surface area contributed by atoms with Crippen LogP contribution in [0.25, 0.3) is 5.57 Å². The SMILES string of the molecule is CN1CCN(CCOC2CCC3C(=O)C(c4ccc(Cl)cc4)=COC3C2)CC1. The minimum atomic E-state index is -0.0639. The summed E-state index contributed by atoms with van der Waals surface area (Å²) < 4.78 is 12.1. The molecule has 3 aliphatic rings. The van der Waals surface area contributed by atoms with Crippen LogP contribution in [0.15, 0.2) is 30.5 Å². The molecule has 6 heteroatoms. The number of Topliss-reactive ketones (excluding diaryl/α,β-unsaturated/α-hetero) is 1. The summed E-state index contributed by atoms with van der Waals surface area (Å²) in [5, 5.41) is 0.667. The van der Waals surface area contributed by atoms with E-state index in [1.165, 1.54) is 0 Å². The normalized spacial score (nSPS) is 29.1. The van der Waals surface area contributed by atoms with Crippen LogP contribution < -0.4 is 0 Å². The highest BCUT2D eigenvalue weighted by Gasteiger charge is 2.40. The molecule has 28 heavy (non-hydrogen) atoms. The molecule has 0 bridgehead atoms. The Bertz CT molecular complexity index is 713. The van der Waals surface area contributed by atoms with E-state index in [9.17, 15) is 4.79 Å². The second-order valence-electron chi connectivity index (χ2n) is 8.13. The molecule has 0 amide bonds. The summed E-state index contributed by atoms with van der Waals surface area (Å²) in [6, 6.07) is 7.37. The number of piperazine rings is 1. The molecule has 1 aliphatic carbocycles. The molecule has 2 heterocycles. The summed E-state index contributed by atoms with van der Waals surface area (Å²) in [6.45, 7) is 6.23. The van der Waals surface area contributed by atoms with E-state index in [1.54, 1.807) is 6.26 Å².